The molecule has 1 fully saturated rings. The summed E-state index contributed by atoms with van der Waals surface area (Å²) >= 11 is 0. The van der Waals surface area contributed by atoms with Crippen LogP contribution in [0.2, 0.25) is 0 Å². The minimum Gasteiger partial charge on any atom is -0.480 e. The Hall–Kier alpha value is -1.92. The van der Waals surface area contributed by atoms with Crippen molar-refractivity contribution < 1.29 is 14.7 Å². The van der Waals surface area contributed by atoms with Crippen LogP contribution in [0.15, 0.2) is 0 Å². The van der Waals surface area contributed by atoms with Crippen molar-refractivity contribution in [3.05, 3.63) is 11.6 Å². The normalized spacial score (nSPS) is 25.8. The lowest BCUT2D eigenvalue weighted by Gasteiger charge is -2.36. The highest BCUT2D eigenvalue weighted by molar-refractivity contribution is 5.95. The summed E-state index contributed by atoms with van der Waals surface area (Å²) < 4.78 is 0. The molecule has 1 aromatic heterocycles. The Bertz CT molecular complexity index is 530. The van der Waals surface area contributed by atoms with Gasteiger partial charge in [-0.2, -0.15) is 0 Å². The lowest BCUT2D eigenvalue weighted by atomic mass is 9.77. The van der Waals surface area contributed by atoms with Gasteiger partial charge >= 0.3 is 5.97 Å². The number of hydrogen-bond acceptors (Lipinski definition) is 4. The van der Waals surface area contributed by atoms with Crippen molar-refractivity contribution in [3.63, 3.8) is 0 Å². The Morgan fingerprint density at radius 2 is 2.00 bits per heavy atom. The molecule has 1 saturated carbocycles. The first-order chi connectivity index (χ1) is 9.84. The van der Waals surface area contributed by atoms with Crippen molar-refractivity contribution in [1.29, 1.82) is 0 Å². The molecule has 1 aromatic rings. The monoisotopic (exact) mass is 294 g/mol. The van der Waals surface area contributed by atoms with E-state index in [9.17, 15) is 14.7 Å². The topological polar surface area (TPSA) is 108 Å². The van der Waals surface area contributed by atoms with E-state index in [-0.39, 0.29) is 11.7 Å². The Kier molecular flexibility index (Phi) is 4.29. The maximum Gasteiger partial charge on any atom is 0.329 e. The summed E-state index contributed by atoms with van der Waals surface area (Å²) in [5.74, 6) is -0.286. The van der Waals surface area contributed by atoms with Crippen molar-refractivity contribution in [2.45, 2.75) is 57.9 Å². The summed E-state index contributed by atoms with van der Waals surface area (Å²) in [5, 5.41) is 18.7. The highest BCUT2D eigenvalue weighted by atomic mass is 16.4. The van der Waals surface area contributed by atoms with Crippen LogP contribution in [-0.4, -0.2) is 37.7 Å². The predicted octanol–water partition coefficient (Wildman–Crippen LogP) is 1.69. The Morgan fingerprint density at radius 3 is 2.48 bits per heavy atom. The SMILES string of the molecule is CC1CCC(NC(=O)c2n[nH]c(C(C)C)n2)(C(=O)O)CC1. The highest BCUT2D eigenvalue weighted by Gasteiger charge is 2.43. The van der Waals surface area contributed by atoms with E-state index in [1.165, 1.54) is 0 Å². The molecule has 0 unspecified atom stereocenters. The van der Waals surface area contributed by atoms with Gasteiger partial charge in [-0.3, -0.25) is 9.89 Å². The number of amides is 1. The van der Waals surface area contributed by atoms with E-state index in [4.69, 9.17) is 0 Å². The minimum atomic E-state index is -1.19. The average Bonchev–Trinajstić information content (AvgIpc) is 2.91. The molecule has 1 amide bonds. The van der Waals surface area contributed by atoms with Crippen LogP contribution in [0.4, 0.5) is 0 Å². The summed E-state index contributed by atoms with van der Waals surface area (Å²) in [6.45, 7) is 5.96. The number of carbonyl (C=O) groups excluding carboxylic acids is 1. The zero-order valence-electron chi connectivity index (χ0n) is 12.6. The first kappa shape index (κ1) is 15.5. The summed E-state index contributed by atoms with van der Waals surface area (Å²) in [5.41, 5.74) is -1.19. The predicted molar refractivity (Wildman–Crippen MR) is 75.9 cm³/mol. The van der Waals surface area contributed by atoms with Gasteiger partial charge < -0.3 is 10.4 Å². The van der Waals surface area contributed by atoms with Crippen molar-refractivity contribution in [3.8, 4) is 0 Å². The van der Waals surface area contributed by atoms with Gasteiger partial charge in [-0.15, -0.1) is 5.10 Å². The molecule has 0 radical (unpaired) electrons. The van der Waals surface area contributed by atoms with Crippen LogP contribution in [0.3, 0.4) is 0 Å². The molecule has 7 nitrogen and oxygen atoms in total. The second kappa shape index (κ2) is 5.83. The molecule has 3 N–H and O–H groups in total. The van der Waals surface area contributed by atoms with E-state index in [2.05, 4.69) is 27.4 Å². The molecule has 0 aliphatic heterocycles. The Morgan fingerprint density at radius 1 is 1.38 bits per heavy atom. The molecule has 21 heavy (non-hydrogen) atoms. The number of carbonyl (C=O) groups is 2. The maximum atomic E-state index is 12.2. The van der Waals surface area contributed by atoms with Gasteiger partial charge in [0.2, 0.25) is 5.82 Å². The van der Waals surface area contributed by atoms with Gasteiger partial charge in [0, 0.05) is 5.92 Å². The number of aromatic nitrogens is 3. The average molecular weight is 294 g/mol. The molecule has 116 valence electrons. The molecule has 1 aliphatic rings. The van der Waals surface area contributed by atoms with Crippen molar-refractivity contribution >= 4 is 11.9 Å². The zero-order chi connectivity index (χ0) is 15.6. The van der Waals surface area contributed by atoms with E-state index in [1.807, 2.05) is 13.8 Å². The number of rotatable bonds is 4. The number of aliphatic carboxylic acids is 1. The fraction of sp³-hybridized carbons (Fsp3) is 0.714. The summed E-state index contributed by atoms with van der Waals surface area (Å²) in [4.78, 5) is 27.9. The number of hydrogen-bond donors (Lipinski definition) is 3. The second-order valence-corrected chi connectivity index (χ2v) is 6.22. The van der Waals surface area contributed by atoms with Gasteiger partial charge in [0.1, 0.15) is 11.4 Å². The van der Waals surface area contributed by atoms with Crippen LogP contribution in [0.1, 0.15) is 68.8 Å². The van der Waals surface area contributed by atoms with Gasteiger partial charge in [0.05, 0.1) is 0 Å². The summed E-state index contributed by atoms with van der Waals surface area (Å²) in [6, 6.07) is 0. The first-order valence-electron chi connectivity index (χ1n) is 7.32. The number of carboxylic acids is 1. The van der Waals surface area contributed by atoms with E-state index in [1.54, 1.807) is 0 Å². The molecule has 1 aliphatic carbocycles. The number of nitrogens with zero attached hydrogens (tertiary/aromatic N) is 2. The van der Waals surface area contributed by atoms with Crippen LogP contribution in [0, 0.1) is 5.92 Å². The minimum absolute atomic E-state index is 0.00190. The molecule has 0 aromatic carbocycles. The van der Waals surface area contributed by atoms with E-state index >= 15 is 0 Å². The first-order valence-corrected chi connectivity index (χ1v) is 7.32. The molecule has 0 spiro atoms. The standard InChI is InChI=1S/C14H22N4O3/c1-8(2)10-15-11(18-17-10)12(19)16-14(13(20)21)6-4-9(3)5-7-14/h8-9H,4-7H2,1-3H3,(H,16,19)(H,20,21)(H,15,17,18). The Labute approximate surface area is 123 Å². The van der Waals surface area contributed by atoms with Crippen molar-refractivity contribution in [2.24, 2.45) is 5.92 Å². The second-order valence-electron chi connectivity index (χ2n) is 6.22. The van der Waals surface area contributed by atoms with Gasteiger partial charge in [0.15, 0.2) is 0 Å². The van der Waals surface area contributed by atoms with E-state index in [0.29, 0.717) is 24.6 Å². The van der Waals surface area contributed by atoms with Gasteiger partial charge in [0.25, 0.3) is 5.91 Å². The van der Waals surface area contributed by atoms with Crippen LogP contribution < -0.4 is 5.32 Å². The summed E-state index contributed by atoms with van der Waals surface area (Å²) in [6.07, 6.45) is 2.46. The van der Waals surface area contributed by atoms with Gasteiger partial charge in [-0.05, 0) is 31.6 Å². The van der Waals surface area contributed by atoms with Crippen LogP contribution in [-0.2, 0) is 4.79 Å². The molecule has 0 saturated heterocycles. The van der Waals surface area contributed by atoms with Crippen molar-refractivity contribution in [1.82, 2.24) is 20.5 Å². The third-order valence-corrected chi connectivity index (χ3v) is 4.14. The lowest BCUT2D eigenvalue weighted by molar-refractivity contribution is -0.146. The van der Waals surface area contributed by atoms with Gasteiger partial charge in [-0.1, -0.05) is 20.8 Å². The third-order valence-electron chi connectivity index (χ3n) is 4.14. The van der Waals surface area contributed by atoms with E-state index in [0.717, 1.165) is 12.8 Å². The Balaban J connectivity index is 2.13. The largest absolute Gasteiger partial charge is 0.480 e. The van der Waals surface area contributed by atoms with Crippen LogP contribution >= 0.6 is 0 Å². The molecule has 1 heterocycles. The number of nitrogens with one attached hydrogen (secondary N) is 2. The molecular weight excluding hydrogens is 272 g/mol. The molecule has 0 atom stereocenters. The van der Waals surface area contributed by atoms with Crippen molar-refractivity contribution in [2.75, 3.05) is 0 Å². The quantitative estimate of drug-likeness (QED) is 0.783. The fourth-order valence-electron chi connectivity index (χ4n) is 2.55. The smallest absolute Gasteiger partial charge is 0.329 e. The molecule has 2 rings (SSSR count). The fourth-order valence-corrected chi connectivity index (χ4v) is 2.55. The lowest BCUT2D eigenvalue weighted by Crippen LogP contribution is -2.56. The number of carboxylic acid groups (broad SMARTS) is 1. The van der Waals surface area contributed by atoms with Crippen LogP contribution in [0.5, 0.6) is 0 Å². The zero-order valence-corrected chi connectivity index (χ0v) is 12.6. The summed E-state index contributed by atoms with van der Waals surface area (Å²) in [7, 11) is 0. The van der Waals surface area contributed by atoms with Gasteiger partial charge in [-0.25, -0.2) is 9.78 Å². The molecule has 0 bridgehead atoms. The molecule has 7 heteroatoms. The van der Waals surface area contributed by atoms with Crippen LogP contribution in [0.25, 0.3) is 0 Å². The number of H-pyrrole nitrogens is 1. The van der Waals surface area contributed by atoms with E-state index < -0.39 is 17.4 Å². The maximum absolute atomic E-state index is 12.2. The third kappa shape index (κ3) is 3.22. The number of aromatic amines is 1. The highest BCUT2D eigenvalue weighted by Crippen LogP contribution is 2.32. The molecular formula is C14H22N4O3.